The Bertz CT molecular complexity index is 1240. The number of rotatable bonds is 5. The number of aryl methyl sites for hydroxylation is 1. The molecule has 158 valence electrons. The summed E-state index contributed by atoms with van der Waals surface area (Å²) in [6, 6.07) is 10.6. The van der Waals surface area contributed by atoms with Crippen LogP contribution < -0.4 is 4.90 Å². The third-order valence-corrected chi connectivity index (χ3v) is 8.58. The van der Waals surface area contributed by atoms with Crippen LogP contribution in [0, 0.1) is 0 Å². The van der Waals surface area contributed by atoms with Gasteiger partial charge >= 0.3 is 0 Å². The maximum absolute atomic E-state index is 5.48. The molecule has 0 spiro atoms. The third kappa shape index (κ3) is 3.63. The van der Waals surface area contributed by atoms with Gasteiger partial charge in [-0.15, -0.1) is 11.3 Å². The Morgan fingerprint density at radius 2 is 1.87 bits per heavy atom. The van der Waals surface area contributed by atoms with Gasteiger partial charge in [0.15, 0.2) is 0 Å². The van der Waals surface area contributed by atoms with Crippen LogP contribution in [-0.2, 0) is 17.6 Å². The summed E-state index contributed by atoms with van der Waals surface area (Å²) in [5, 5.41) is 2.38. The summed E-state index contributed by atoms with van der Waals surface area (Å²) in [5.74, 6) is 1.07. The lowest BCUT2D eigenvalue weighted by atomic mass is 10.0. The van der Waals surface area contributed by atoms with Gasteiger partial charge in [0.2, 0.25) is 0 Å². The molecule has 0 unspecified atom stereocenters. The Kier molecular flexibility index (Phi) is 5.36. The summed E-state index contributed by atoms with van der Waals surface area (Å²) in [4.78, 5) is 17.3. The predicted molar refractivity (Wildman–Crippen MR) is 127 cm³/mol. The van der Waals surface area contributed by atoms with Gasteiger partial charge in [0, 0.05) is 16.7 Å². The fourth-order valence-corrected chi connectivity index (χ4v) is 7.10. The lowest BCUT2D eigenvalue weighted by Crippen LogP contribution is -3.14. The number of nitrogens with zero attached hydrogens (tertiary/aromatic N) is 3. The van der Waals surface area contributed by atoms with Gasteiger partial charge in [-0.25, -0.2) is 15.0 Å². The highest BCUT2D eigenvalue weighted by atomic mass is 32.2. The molecule has 1 aliphatic carbocycles. The zero-order chi connectivity index (χ0) is 20.6. The second-order valence-electron chi connectivity index (χ2n) is 8.24. The van der Waals surface area contributed by atoms with E-state index in [1.54, 1.807) is 22.6 Å². The number of thioether (sulfide) groups is 1. The van der Waals surface area contributed by atoms with Crippen LogP contribution in [0.2, 0.25) is 0 Å². The van der Waals surface area contributed by atoms with Crippen molar-refractivity contribution in [1.29, 1.82) is 0 Å². The normalized spacial score (nSPS) is 16.9. The summed E-state index contributed by atoms with van der Waals surface area (Å²) in [6.07, 6.45) is 5.16. The molecule has 4 aromatic rings. The van der Waals surface area contributed by atoms with E-state index in [-0.39, 0.29) is 0 Å². The Labute approximate surface area is 189 Å². The van der Waals surface area contributed by atoms with Crippen molar-refractivity contribution in [3.05, 3.63) is 47.8 Å². The molecule has 31 heavy (non-hydrogen) atoms. The van der Waals surface area contributed by atoms with Gasteiger partial charge in [-0.2, -0.15) is 0 Å². The van der Waals surface area contributed by atoms with E-state index in [0.717, 1.165) is 72.5 Å². The van der Waals surface area contributed by atoms with Crippen LogP contribution in [-0.4, -0.2) is 53.6 Å². The molecule has 0 radical (unpaired) electrons. The molecule has 1 fully saturated rings. The number of pyridine rings is 1. The molecule has 4 heterocycles. The second kappa shape index (κ2) is 8.47. The second-order valence-corrected chi connectivity index (χ2v) is 10.3. The Balaban J connectivity index is 1.39. The third-order valence-electron chi connectivity index (χ3n) is 6.38. The first-order valence-corrected chi connectivity index (χ1v) is 12.9. The predicted octanol–water partition coefficient (Wildman–Crippen LogP) is 3.40. The van der Waals surface area contributed by atoms with Crippen LogP contribution >= 0.6 is 23.1 Å². The van der Waals surface area contributed by atoms with Gasteiger partial charge in [-0.05, 0) is 30.4 Å². The van der Waals surface area contributed by atoms with Gasteiger partial charge in [-0.3, -0.25) is 0 Å². The lowest BCUT2D eigenvalue weighted by Gasteiger charge is -2.23. The standard InChI is InChI=1S/C24H24N4OS2/c1-2-5-16(6-3-1)20-18-8-4-7-17(18)19-21-22(31-23(19)27-20)24(26-15-25-21)30-14-11-28-9-12-29-13-10-28/h1-3,5-6,15H,4,7-14H2/p+1. The highest BCUT2D eigenvalue weighted by molar-refractivity contribution is 7.99. The van der Waals surface area contributed by atoms with E-state index in [0.29, 0.717) is 0 Å². The summed E-state index contributed by atoms with van der Waals surface area (Å²) in [6.45, 7) is 5.14. The molecule has 1 saturated heterocycles. The molecule has 1 N–H and O–H groups in total. The number of fused-ring (bicyclic) bond motifs is 5. The summed E-state index contributed by atoms with van der Waals surface area (Å²) in [7, 11) is 0. The van der Waals surface area contributed by atoms with Crippen LogP contribution in [0.1, 0.15) is 17.5 Å². The number of thiophene rings is 1. The maximum Gasteiger partial charge on any atom is 0.127 e. The van der Waals surface area contributed by atoms with E-state index in [1.165, 1.54) is 33.2 Å². The molecule has 1 aliphatic heterocycles. The van der Waals surface area contributed by atoms with Crippen molar-refractivity contribution in [1.82, 2.24) is 15.0 Å². The molecule has 3 aromatic heterocycles. The molecular formula is C24H25N4OS2+. The van der Waals surface area contributed by atoms with E-state index in [4.69, 9.17) is 14.7 Å². The Morgan fingerprint density at radius 3 is 2.74 bits per heavy atom. The molecule has 6 rings (SSSR count). The fourth-order valence-electron chi connectivity index (χ4n) is 4.82. The smallest absolute Gasteiger partial charge is 0.127 e. The van der Waals surface area contributed by atoms with Crippen molar-refractivity contribution >= 4 is 43.5 Å². The number of benzene rings is 1. The topological polar surface area (TPSA) is 52.3 Å². The van der Waals surface area contributed by atoms with Crippen LogP contribution in [0.5, 0.6) is 0 Å². The van der Waals surface area contributed by atoms with Gasteiger partial charge in [-0.1, -0.05) is 42.1 Å². The van der Waals surface area contributed by atoms with Crippen LogP contribution in [0.25, 0.3) is 31.7 Å². The minimum Gasteiger partial charge on any atom is -0.370 e. The molecule has 2 aliphatic rings. The number of hydrogen-bond donors (Lipinski definition) is 1. The van der Waals surface area contributed by atoms with Gasteiger partial charge in [0.05, 0.1) is 35.7 Å². The first kappa shape index (κ1) is 19.6. The lowest BCUT2D eigenvalue weighted by molar-refractivity contribution is -0.905. The zero-order valence-electron chi connectivity index (χ0n) is 17.4. The summed E-state index contributed by atoms with van der Waals surface area (Å²) < 4.78 is 6.68. The van der Waals surface area contributed by atoms with E-state index < -0.39 is 0 Å². The van der Waals surface area contributed by atoms with E-state index in [2.05, 4.69) is 35.3 Å². The van der Waals surface area contributed by atoms with E-state index in [9.17, 15) is 0 Å². The average molecular weight is 450 g/mol. The maximum atomic E-state index is 5.48. The Hall–Kier alpha value is -2.06. The summed E-state index contributed by atoms with van der Waals surface area (Å²) >= 11 is 3.63. The van der Waals surface area contributed by atoms with Gasteiger partial charge in [0.25, 0.3) is 0 Å². The van der Waals surface area contributed by atoms with Crippen LogP contribution in [0.4, 0.5) is 0 Å². The van der Waals surface area contributed by atoms with Crippen molar-refractivity contribution in [3.8, 4) is 11.3 Å². The molecule has 7 heteroatoms. The van der Waals surface area contributed by atoms with E-state index in [1.807, 2.05) is 11.8 Å². The highest BCUT2D eigenvalue weighted by Crippen LogP contribution is 2.43. The number of morpholine rings is 1. The first-order valence-electron chi connectivity index (χ1n) is 11.1. The molecule has 0 saturated carbocycles. The van der Waals surface area contributed by atoms with Crippen molar-refractivity contribution in [2.24, 2.45) is 0 Å². The average Bonchev–Trinajstić information content (AvgIpc) is 3.45. The number of aromatic nitrogens is 3. The summed E-state index contributed by atoms with van der Waals surface area (Å²) in [5.41, 5.74) is 6.35. The minimum atomic E-state index is 0.884. The number of ether oxygens (including phenoxy) is 1. The monoisotopic (exact) mass is 449 g/mol. The SMILES string of the molecule is c1ccc(-c2nc3sc4c(SCC[NH+]5CCOCC5)ncnc4c3c3c2CCC3)cc1. The highest BCUT2D eigenvalue weighted by Gasteiger charge is 2.25. The molecule has 0 bridgehead atoms. The molecule has 1 aromatic carbocycles. The van der Waals surface area contributed by atoms with E-state index >= 15 is 0 Å². The minimum absolute atomic E-state index is 0.884. The quantitative estimate of drug-likeness (QED) is 0.374. The molecular weight excluding hydrogens is 424 g/mol. The van der Waals surface area contributed by atoms with Crippen LogP contribution in [0.3, 0.4) is 0 Å². The van der Waals surface area contributed by atoms with Gasteiger partial charge < -0.3 is 9.64 Å². The number of quaternary nitrogens is 1. The van der Waals surface area contributed by atoms with Crippen molar-refractivity contribution in [2.45, 2.75) is 24.3 Å². The first-order chi connectivity index (χ1) is 15.4. The largest absolute Gasteiger partial charge is 0.370 e. The molecule has 0 amide bonds. The van der Waals surface area contributed by atoms with Gasteiger partial charge in [0.1, 0.15) is 29.3 Å². The van der Waals surface area contributed by atoms with Crippen molar-refractivity contribution < 1.29 is 9.64 Å². The van der Waals surface area contributed by atoms with Crippen molar-refractivity contribution in [3.63, 3.8) is 0 Å². The molecule has 5 nitrogen and oxygen atoms in total. The van der Waals surface area contributed by atoms with Crippen LogP contribution in [0.15, 0.2) is 41.7 Å². The fraction of sp³-hybridized carbons (Fsp3) is 0.375. The number of nitrogens with one attached hydrogen (secondary N) is 1. The number of hydrogen-bond acceptors (Lipinski definition) is 6. The molecule has 0 atom stereocenters. The zero-order valence-corrected chi connectivity index (χ0v) is 19.0. The van der Waals surface area contributed by atoms with Crippen molar-refractivity contribution in [2.75, 3.05) is 38.6 Å². The Morgan fingerprint density at radius 1 is 1.03 bits per heavy atom.